The van der Waals surface area contributed by atoms with Crippen LogP contribution >= 0.6 is 15.9 Å². The van der Waals surface area contributed by atoms with Gasteiger partial charge < -0.3 is 11.5 Å². The maximum atomic E-state index is 13.6. The number of rotatable bonds is 3. The molecule has 1 aliphatic heterocycles. The summed E-state index contributed by atoms with van der Waals surface area (Å²) < 4.78 is 31.0. The highest BCUT2D eigenvalue weighted by Crippen LogP contribution is 2.36. The van der Waals surface area contributed by atoms with Crippen LogP contribution in [0.3, 0.4) is 0 Å². The van der Waals surface area contributed by atoms with Crippen molar-refractivity contribution in [1.82, 2.24) is 19.7 Å². The summed E-state index contributed by atoms with van der Waals surface area (Å²) in [5, 5.41) is 5.02. The fourth-order valence-electron chi connectivity index (χ4n) is 3.89. The molecule has 0 saturated heterocycles. The maximum absolute atomic E-state index is 13.6. The second-order valence-electron chi connectivity index (χ2n) is 7.27. The maximum Gasteiger partial charge on any atom is 0.264 e. The Labute approximate surface area is 186 Å². The average molecular weight is 500 g/mol. The lowest BCUT2D eigenvalue weighted by atomic mass is 10.00. The Kier molecular flexibility index (Phi) is 4.59. The van der Waals surface area contributed by atoms with E-state index in [1.165, 1.54) is 4.31 Å². The van der Waals surface area contributed by atoms with Gasteiger partial charge in [0.05, 0.1) is 34.8 Å². The molecule has 4 N–H and O–H groups in total. The molecule has 4 aromatic rings. The SMILES string of the molecule is Nc1nc(N)c2cnn(C3Cc4ccccc4N(S(=O)(=O)c4ccc(Br)cc4)C3)c2n1. The van der Waals surface area contributed by atoms with Crippen LogP contribution in [0.5, 0.6) is 0 Å². The Bertz CT molecular complexity index is 1400. The van der Waals surface area contributed by atoms with E-state index in [0.717, 1.165) is 10.0 Å². The molecule has 9 nitrogen and oxygen atoms in total. The van der Waals surface area contributed by atoms with Crippen LogP contribution in [0.15, 0.2) is 64.1 Å². The number of fused-ring (bicyclic) bond motifs is 2. The van der Waals surface area contributed by atoms with Gasteiger partial charge in [0.25, 0.3) is 10.0 Å². The fraction of sp³-hybridized carbons (Fsp3) is 0.150. The van der Waals surface area contributed by atoms with Crippen LogP contribution in [0.2, 0.25) is 0 Å². The van der Waals surface area contributed by atoms with E-state index in [1.807, 2.05) is 24.3 Å². The van der Waals surface area contributed by atoms with Gasteiger partial charge in [-0.15, -0.1) is 0 Å². The number of para-hydroxylation sites is 1. The van der Waals surface area contributed by atoms with Gasteiger partial charge in [-0.25, -0.2) is 13.1 Å². The highest BCUT2D eigenvalue weighted by molar-refractivity contribution is 9.10. The van der Waals surface area contributed by atoms with Crippen molar-refractivity contribution < 1.29 is 8.42 Å². The number of nitrogens with two attached hydrogens (primary N) is 2. The lowest BCUT2D eigenvalue weighted by Gasteiger charge is -2.35. The molecule has 1 atom stereocenters. The van der Waals surface area contributed by atoms with Crippen molar-refractivity contribution >= 4 is 54.4 Å². The van der Waals surface area contributed by atoms with Crippen molar-refractivity contribution in [2.24, 2.45) is 0 Å². The first-order chi connectivity index (χ1) is 14.8. The Morgan fingerprint density at radius 3 is 2.55 bits per heavy atom. The van der Waals surface area contributed by atoms with E-state index in [0.29, 0.717) is 23.1 Å². The average Bonchev–Trinajstić information content (AvgIpc) is 3.17. The van der Waals surface area contributed by atoms with Crippen molar-refractivity contribution in [3.05, 3.63) is 64.8 Å². The number of sulfonamides is 1. The molecule has 1 unspecified atom stereocenters. The third kappa shape index (κ3) is 3.29. The van der Waals surface area contributed by atoms with Gasteiger partial charge in [-0.1, -0.05) is 34.1 Å². The van der Waals surface area contributed by atoms with E-state index in [4.69, 9.17) is 11.5 Å². The second kappa shape index (κ2) is 7.20. The number of hydrogen-bond acceptors (Lipinski definition) is 7. The summed E-state index contributed by atoms with van der Waals surface area (Å²) >= 11 is 3.35. The van der Waals surface area contributed by atoms with Crippen molar-refractivity contribution in [1.29, 1.82) is 0 Å². The van der Waals surface area contributed by atoms with Crippen LogP contribution in [-0.4, -0.2) is 34.7 Å². The van der Waals surface area contributed by atoms with E-state index in [9.17, 15) is 8.42 Å². The molecule has 2 aromatic carbocycles. The zero-order valence-electron chi connectivity index (χ0n) is 16.2. The van der Waals surface area contributed by atoms with Gasteiger partial charge in [0.2, 0.25) is 5.95 Å². The molecule has 0 bridgehead atoms. The predicted octanol–water partition coefficient (Wildman–Crippen LogP) is 2.75. The Morgan fingerprint density at radius 2 is 1.77 bits per heavy atom. The molecule has 11 heteroatoms. The largest absolute Gasteiger partial charge is 0.383 e. The van der Waals surface area contributed by atoms with Crippen molar-refractivity contribution in [3.63, 3.8) is 0 Å². The summed E-state index contributed by atoms with van der Waals surface area (Å²) in [6.07, 6.45) is 2.17. The summed E-state index contributed by atoms with van der Waals surface area (Å²) in [5.74, 6) is 0.284. The van der Waals surface area contributed by atoms with Gasteiger partial charge in [0, 0.05) is 4.47 Å². The van der Waals surface area contributed by atoms with Crippen LogP contribution in [0.1, 0.15) is 11.6 Å². The smallest absolute Gasteiger partial charge is 0.264 e. The standard InChI is InChI=1S/C20H18BrN7O2S/c21-13-5-7-15(8-6-13)31(29,30)27-11-14(9-12-3-1-2-4-17(12)27)28-19-16(10-24-28)18(22)25-20(23)26-19/h1-8,10,14H,9,11H2,(H4,22,23,25,26). The van der Waals surface area contributed by atoms with Crippen molar-refractivity contribution in [2.75, 3.05) is 22.3 Å². The summed E-state index contributed by atoms with van der Waals surface area (Å²) in [5.41, 5.74) is 13.8. The quantitative estimate of drug-likeness (QED) is 0.442. The monoisotopic (exact) mass is 499 g/mol. The van der Waals surface area contributed by atoms with E-state index in [2.05, 4.69) is 31.0 Å². The molecule has 0 spiro atoms. The summed E-state index contributed by atoms with van der Waals surface area (Å²) in [6.45, 7) is 0.190. The molecule has 0 aliphatic carbocycles. The van der Waals surface area contributed by atoms with Crippen LogP contribution < -0.4 is 15.8 Å². The first-order valence-corrected chi connectivity index (χ1v) is 11.7. The molecule has 31 heavy (non-hydrogen) atoms. The highest BCUT2D eigenvalue weighted by Gasteiger charge is 2.35. The van der Waals surface area contributed by atoms with Crippen LogP contribution in [-0.2, 0) is 16.4 Å². The summed E-state index contributed by atoms with van der Waals surface area (Å²) in [7, 11) is -3.80. The molecular formula is C20H18BrN7O2S. The van der Waals surface area contributed by atoms with Crippen molar-refractivity contribution in [3.8, 4) is 0 Å². The Hall–Kier alpha value is -3.18. The number of anilines is 3. The lowest BCUT2D eigenvalue weighted by molar-refractivity contribution is 0.456. The van der Waals surface area contributed by atoms with Crippen molar-refractivity contribution in [2.45, 2.75) is 17.4 Å². The number of halogens is 1. The third-order valence-electron chi connectivity index (χ3n) is 5.34. The molecule has 0 amide bonds. The minimum Gasteiger partial charge on any atom is -0.383 e. The second-order valence-corrected chi connectivity index (χ2v) is 10.0. The molecule has 1 aliphatic rings. The molecule has 5 rings (SSSR count). The predicted molar refractivity (Wildman–Crippen MR) is 122 cm³/mol. The molecule has 158 valence electrons. The molecule has 0 radical (unpaired) electrons. The Morgan fingerprint density at radius 1 is 1.03 bits per heavy atom. The number of benzene rings is 2. The topological polar surface area (TPSA) is 133 Å². The normalized spacial score (nSPS) is 16.4. The van der Waals surface area contributed by atoms with Gasteiger partial charge in [-0.05, 0) is 42.3 Å². The number of aromatic nitrogens is 4. The number of nitrogen functional groups attached to an aromatic ring is 2. The Balaban J connectivity index is 1.63. The molecule has 2 aromatic heterocycles. The highest BCUT2D eigenvalue weighted by atomic mass is 79.9. The van der Waals surface area contributed by atoms with Gasteiger partial charge in [0.15, 0.2) is 5.65 Å². The van der Waals surface area contributed by atoms with Gasteiger partial charge in [0.1, 0.15) is 5.82 Å². The lowest BCUT2D eigenvalue weighted by Crippen LogP contribution is -2.41. The molecular weight excluding hydrogens is 482 g/mol. The van der Waals surface area contributed by atoms with E-state index < -0.39 is 10.0 Å². The zero-order chi connectivity index (χ0) is 21.8. The van der Waals surface area contributed by atoms with Crippen LogP contribution in [0.4, 0.5) is 17.5 Å². The van der Waals surface area contributed by atoms with Gasteiger partial charge in [-0.2, -0.15) is 15.1 Å². The number of nitrogens with zero attached hydrogens (tertiary/aromatic N) is 5. The van der Waals surface area contributed by atoms with Crippen LogP contribution in [0.25, 0.3) is 11.0 Å². The minimum atomic E-state index is -3.80. The first-order valence-electron chi connectivity index (χ1n) is 9.47. The zero-order valence-corrected chi connectivity index (χ0v) is 18.6. The van der Waals surface area contributed by atoms with Gasteiger partial charge in [-0.3, -0.25) is 4.31 Å². The summed E-state index contributed by atoms with van der Waals surface area (Å²) in [4.78, 5) is 8.49. The van der Waals surface area contributed by atoms with E-state index in [-0.39, 0.29) is 29.2 Å². The van der Waals surface area contributed by atoms with E-state index in [1.54, 1.807) is 35.1 Å². The number of hydrogen-bond donors (Lipinski definition) is 2. The summed E-state index contributed by atoms with van der Waals surface area (Å²) in [6, 6.07) is 13.8. The van der Waals surface area contributed by atoms with Gasteiger partial charge >= 0.3 is 0 Å². The first kappa shape index (κ1) is 19.8. The fourth-order valence-corrected chi connectivity index (χ4v) is 5.70. The minimum absolute atomic E-state index is 0.0438. The molecule has 3 heterocycles. The molecule has 0 saturated carbocycles. The molecule has 0 fully saturated rings. The van der Waals surface area contributed by atoms with E-state index >= 15 is 0 Å². The third-order valence-corrected chi connectivity index (χ3v) is 7.66. The van der Waals surface area contributed by atoms with Crippen LogP contribution in [0, 0.1) is 0 Å².